The Balaban J connectivity index is 1.62. The van der Waals surface area contributed by atoms with Gasteiger partial charge >= 0.3 is 6.03 Å². The molecule has 0 bridgehead atoms. The Bertz CT molecular complexity index is 589. The third-order valence-electron chi connectivity index (χ3n) is 2.74. The fourth-order valence-corrected chi connectivity index (χ4v) is 1.66. The number of rotatable bonds is 7. The molecule has 1 aromatic carbocycles. The van der Waals surface area contributed by atoms with E-state index in [0.29, 0.717) is 11.5 Å². The van der Waals surface area contributed by atoms with Crippen LogP contribution in [-0.2, 0) is 6.54 Å². The van der Waals surface area contributed by atoms with Gasteiger partial charge in [0.15, 0.2) is 0 Å². The van der Waals surface area contributed by atoms with E-state index in [-0.39, 0.29) is 19.7 Å². The number of halogens is 1. The molecule has 2 aromatic rings. The van der Waals surface area contributed by atoms with Gasteiger partial charge in [-0.1, -0.05) is 6.07 Å². The Morgan fingerprint density at radius 1 is 1.32 bits per heavy atom. The van der Waals surface area contributed by atoms with Gasteiger partial charge in [-0.15, -0.1) is 0 Å². The molecule has 3 N–H and O–H groups in total. The molecule has 0 aliphatic carbocycles. The smallest absolute Gasteiger partial charge is 0.315 e. The molecule has 22 heavy (non-hydrogen) atoms. The van der Waals surface area contributed by atoms with Gasteiger partial charge in [-0.3, -0.25) is 0 Å². The molecule has 0 fully saturated rings. The maximum absolute atomic E-state index is 12.9. The summed E-state index contributed by atoms with van der Waals surface area (Å²) >= 11 is 0. The second-order valence-electron chi connectivity index (χ2n) is 4.57. The number of aliphatic hydroxyl groups is 1. The summed E-state index contributed by atoms with van der Waals surface area (Å²) in [6, 6.07) is 8.65. The van der Waals surface area contributed by atoms with Gasteiger partial charge in [0.05, 0.1) is 12.8 Å². The molecule has 7 heteroatoms. The summed E-state index contributed by atoms with van der Waals surface area (Å²) in [6.45, 7) is 0.218. The number of carbonyl (C=O) groups excluding carboxylic acids is 1. The molecule has 0 spiro atoms. The zero-order valence-electron chi connectivity index (χ0n) is 11.8. The Labute approximate surface area is 126 Å². The van der Waals surface area contributed by atoms with E-state index >= 15 is 0 Å². The van der Waals surface area contributed by atoms with Crippen LogP contribution in [0.1, 0.15) is 5.76 Å². The van der Waals surface area contributed by atoms with Crippen molar-refractivity contribution in [3.8, 4) is 5.75 Å². The standard InChI is InChI=1S/C15H17FN2O4/c16-11-3-1-4-13(7-11)22-10-12(19)8-17-15(20)18-9-14-5-2-6-21-14/h1-7,12,19H,8-10H2,(H2,17,18,20)/t12-/m1/s1. The van der Waals surface area contributed by atoms with Crippen LogP contribution >= 0.6 is 0 Å². The monoisotopic (exact) mass is 308 g/mol. The van der Waals surface area contributed by atoms with Crippen LogP contribution in [0, 0.1) is 5.82 Å². The molecule has 1 atom stereocenters. The largest absolute Gasteiger partial charge is 0.491 e. The number of furan rings is 1. The highest BCUT2D eigenvalue weighted by molar-refractivity contribution is 5.73. The highest BCUT2D eigenvalue weighted by Crippen LogP contribution is 2.11. The quantitative estimate of drug-likeness (QED) is 0.726. The molecule has 0 radical (unpaired) electrons. The first-order chi connectivity index (χ1) is 10.6. The minimum Gasteiger partial charge on any atom is -0.491 e. The SMILES string of the molecule is O=C(NCc1ccco1)NC[C@@H](O)COc1cccc(F)c1. The zero-order valence-corrected chi connectivity index (χ0v) is 11.8. The fourth-order valence-electron chi connectivity index (χ4n) is 1.66. The molecule has 0 saturated heterocycles. The Kier molecular flexibility index (Phi) is 5.79. The molecule has 0 unspecified atom stereocenters. The Morgan fingerprint density at radius 2 is 2.18 bits per heavy atom. The number of hydrogen-bond donors (Lipinski definition) is 3. The van der Waals surface area contributed by atoms with Gasteiger partial charge in [-0.2, -0.15) is 0 Å². The van der Waals surface area contributed by atoms with Crippen molar-refractivity contribution in [1.82, 2.24) is 10.6 Å². The van der Waals surface area contributed by atoms with Crippen LogP contribution in [0.3, 0.4) is 0 Å². The second-order valence-corrected chi connectivity index (χ2v) is 4.57. The van der Waals surface area contributed by atoms with Crippen LogP contribution in [0.25, 0.3) is 0 Å². The van der Waals surface area contributed by atoms with Crippen LogP contribution in [0.2, 0.25) is 0 Å². The normalized spacial score (nSPS) is 11.7. The van der Waals surface area contributed by atoms with Crippen LogP contribution in [-0.4, -0.2) is 30.4 Å². The van der Waals surface area contributed by atoms with Gasteiger partial charge in [0.25, 0.3) is 0 Å². The molecule has 0 aliphatic heterocycles. The topological polar surface area (TPSA) is 83.7 Å². The summed E-state index contributed by atoms with van der Waals surface area (Å²) in [5, 5.41) is 14.8. The van der Waals surface area contributed by atoms with Crippen molar-refractivity contribution in [2.24, 2.45) is 0 Å². The lowest BCUT2D eigenvalue weighted by Gasteiger charge is -2.13. The highest BCUT2D eigenvalue weighted by atomic mass is 19.1. The summed E-state index contributed by atoms with van der Waals surface area (Å²) in [7, 11) is 0. The second kappa shape index (κ2) is 8.04. The molecule has 0 aliphatic rings. The van der Waals surface area contributed by atoms with Crippen molar-refractivity contribution in [3.05, 3.63) is 54.2 Å². The van der Waals surface area contributed by atoms with Crippen LogP contribution < -0.4 is 15.4 Å². The number of carbonyl (C=O) groups is 1. The van der Waals surface area contributed by atoms with Gasteiger partial charge in [-0.05, 0) is 24.3 Å². The first-order valence-electron chi connectivity index (χ1n) is 6.74. The predicted octanol–water partition coefficient (Wildman–Crippen LogP) is 1.66. The predicted molar refractivity (Wildman–Crippen MR) is 76.8 cm³/mol. The number of amides is 2. The van der Waals surface area contributed by atoms with E-state index in [2.05, 4.69) is 10.6 Å². The van der Waals surface area contributed by atoms with Crippen molar-refractivity contribution in [2.45, 2.75) is 12.6 Å². The average Bonchev–Trinajstić information content (AvgIpc) is 3.02. The van der Waals surface area contributed by atoms with Crippen molar-refractivity contribution in [2.75, 3.05) is 13.2 Å². The van der Waals surface area contributed by atoms with E-state index < -0.39 is 18.0 Å². The number of urea groups is 1. The van der Waals surface area contributed by atoms with E-state index in [1.165, 1.54) is 24.5 Å². The van der Waals surface area contributed by atoms with Crippen molar-refractivity contribution >= 4 is 6.03 Å². The summed E-state index contributed by atoms with van der Waals surface area (Å²) in [4.78, 5) is 11.5. The van der Waals surface area contributed by atoms with E-state index in [1.54, 1.807) is 18.2 Å². The number of aliphatic hydroxyl groups excluding tert-OH is 1. The average molecular weight is 308 g/mol. The molecule has 2 rings (SSSR count). The molecule has 118 valence electrons. The highest BCUT2D eigenvalue weighted by Gasteiger charge is 2.08. The number of benzene rings is 1. The first kappa shape index (κ1) is 15.8. The lowest BCUT2D eigenvalue weighted by molar-refractivity contribution is 0.107. The van der Waals surface area contributed by atoms with E-state index in [9.17, 15) is 14.3 Å². The molecular formula is C15H17FN2O4. The summed E-state index contributed by atoms with van der Waals surface area (Å²) in [5.74, 6) is 0.536. The van der Waals surface area contributed by atoms with Crippen LogP contribution in [0.4, 0.5) is 9.18 Å². The van der Waals surface area contributed by atoms with Gasteiger partial charge in [-0.25, -0.2) is 9.18 Å². The van der Waals surface area contributed by atoms with Crippen molar-refractivity contribution in [1.29, 1.82) is 0 Å². The maximum Gasteiger partial charge on any atom is 0.315 e. The maximum atomic E-state index is 12.9. The van der Waals surface area contributed by atoms with Crippen LogP contribution in [0.15, 0.2) is 47.1 Å². The van der Waals surface area contributed by atoms with Gasteiger partial charge < -0.3 is 24.9 Å². The molecule has 6 nitrogen and oxygen atoms in total. The molecule has 1 heterocycles. The summed E-state index contributed by atoms with van der Waals surface area (Å²) < 4.78 is 23.2. The van der Waals surface area contributed by atoms with Gasteiger partial charge in [0.2, 0.25) is 0 Å². The van der Waals surface area contributed by atoms with Gasteiger partial charge in [0, 0.05) is 12.6 Å². The van der Waals surface area contributed by atoms with E-state index in [1.807, 2.05) is 0 Å². The zero-order chi connectivity index (χ0) is 15.8. The lowest BCUT2D eigenvalue weighted by Crippen LogP contribution is -2.41. The molecule has 2 amide bonds. The minimum atomic E-state index is -0.905. The minimum absolute atomic E-state index is 0.0132. The first-order valence-corrected chi connectivity index (χ1v) is 6.74. The summed E-state index contributed by atoms with van der Waals surface area (Å²) in [6.07, 6.45) is 0.611. The molecular weight excluding hydrogens is 291 g/mol. The van der Waals surface area contributed by atoms with E-state index in [0.717, 1.165) is 0 Å². The lowest BCUT2D eigenvalue weighted by atomic mass is 10.3. The van der Waals surface area contributed by atoms with Crippen molar-refractivity contribution in [3.63, 3.8) is 0 Å². The Hall–Kier alpha value is -2.54. The Morgan fingerprint density at radius 3 is 2.91 bits per heavy atom. The molecule has 1 aromatic heterocycles. The summed E-state index contributed by atoms with van der Waals surface area (Å²) in [5.41, 5.74) is 0. The third kappa shape index (κ3) is 5.45. The fraction of sp³-hybridized carbons (Fsp3) is 0.267. The van der Waals surface area contributed by atoms with E-state index in [4.69, 9.17) is 9.15 Å². The number of hydrogen-bond acceptors (Lipinski definition) is 4. The van der Waals surface area contributed by atoms with Crippen LogP contribution in [0.5, 0.6) is 5.75 Å². The number of nitrogens with one attached hydrogen (secondary N) is 2. The van der Waals surface area contributed by atoms with Gasteiger partial charge in [0.1, 0.15) is 30.0 Å². The molecule has 0 saturated carbocycles. The third-order valence-corrected chi connectivity index (χ3v) is 2.74. The van der Waals surface area contributed by atoms with Crippen molar-refractivity contribution < 1.29 is 23.4 Å². The number of ether oxygens (including phenoxy) is 1.